The minimum Gasteiger partial charge on any atom is -0.399 e. The van der Waals surface area contributed by atoms with Crippen molar-refractivity contribution in [1.82, 2.24) is 0 Å². The molecule has 1 atom stereocenters. The zero-order valence-corrected chi connectivity index (χ0v) is 9.83. The fourth-order valence-electron chi connectivity index (χ4n) is 1.92. The molecule has 1 heterocycles. The van der Waals surface area contributed by atoms with Gasteiger partial charge in [0.1, 0.15) is 5.60 Å². The largest absolute Gasteiger partial charge is 0.399 e. The molecular formula is C12H16F2N2O2. The predicted octanol–water partition coefficient (Wildman–Crippen LogP) is 1.77. The summed E-state index contributed by atoms with van der Waals surface area (Å²) in [6, 6.07) is 4.28. The molecule has 1 unspecified atom stereocenters. The molecule has 1 aliphatic heterocycles. The summed E-state index contributed by atoms with van der Waals surface area (Å²) >= 11 is 0. The first-order chi connectivity index (χ1) is 8.50. The van der Waals surface area contributed by atoms with E-state index in [9.17, 15) is 13.9 Å². The maximum atomic E-state index is 12.8. The van der Waals surface area contributed by atoms with E-state index < -0.39 is 12.0 Å². The van der Waals surface area contributed by atoms with Gasteiger partial charge in [0.05, 0.1) is 6.61 Å². The lowest BCUT2D eigenvalue weighted by Crippen LogP contribution is -2.37. The number of benzene rings is 1. The molecule has 0 saturated carbocycles. The van der Waals surface area contributed by atoms with Gasteiger partial charge in [0.2, 0.25) is 0 Å². The van der Waals surface area contributed by atoms with E-state index in [4.69, 9.17) is 10.5 Å². The number of hydrogen-bond donors (Lipinski definition) is 3. The fraction of sp³-hybridized carbons (Fsp3) is 0.500. The highest BCUT2D eigenvalue weighted by Gasteiger charge is 2.32. The van der Waals surface area contributed by atoms with Gasteiger partial charge in [-0.05, 0) is 18.2 Å². The number of ether oxygens (including phenoxy) is 1. The smallest absolute Gasteiger partial charge is 0.265 e. The number of nitrogens with one attached hydrogen (secondary N) is 1. The third kappa shape index (κ3) is 2.88. The highest BCUT2D eigenvalue weighted by Crippen LogP contribution is 2.30. The lowest BCUT2D eigenvalue weighted by molar-refractivity contribution is 0.0381. The van der Waals surface area contributed by atoms with E-state index in [0.717, 1.165) is 0 Å². The average Bonchev–Trinajstić information content (AvgIpc) is 2.75. The molecule has 1 aromatic carbocycles. The molecule has 0 aromatic heterocycles. The highest BCUT2D eigenvalue weighted by atomic mass is 19.3. The summed E-state index contributed by atoms with van der Waals surface area (Å²) in [5.41, 5.74) is 4.92. The number of rotatable bonds is 4. The van der Waals surface area contributed by atoms with Crippen LogP contribution in [-0.2, 0) is 4.74 Å². The van der Waals surface area contributed by atoms with E-state index >= 15 is 0 Å². The molecule has 1 aromatic rings. The van der Waals surface area contributed by atoms with Crippen LogP contribution in [0.3, 0.4) is 0 Å². The molecule has 2 rings (SSSR count). The van der Waals surface area contributed by atoms with Gasteiger partial charge in [0, 0.05) is 36.5 Å². The summed E-state index contributed by atoms with van der Waals surface area (Å²) in [5, 5.41) is 12.9. The number of nitrogens with two attached hydrogens (primary N) is 1. The van der Waals surface area contributed by atoms with Crippen molar-refractivity contribution >= 4 is 11.4 Å². The standard InChI is InChI=1S/C12H16F2N2O2/c13-11(14)9-5-8(15)1-2-10(9)16-6-12(17)3-4-18-7-12/h1-2,5,11,16-17H,3-4,6-7,15H2. The van der Waals surface area contributed by atoms with Crippen molar-refractivity contribution in [2.45, 2.75) is 18.4 Å². The minimum absolute atomic E-state index is 0.155. The second-order valence-corrected chi connectivity index (χ2v) is 4.53. The van der Waals surface area contributed by atoms with E-state index in [0.29, 0.717) is 24.4 Å². The van der Waals surface area contributed by atoms with Crippen LogP contribution in [0.15, 0.2) is 18.2 Å². The summed E-state index contributed by atoms with van der Waals surface area (Å²) in [6.45, 7) is 0.886. The normalized spacial score (nSPS) is 23.6. The minimum atomic E-state index is -2.61. The number of halogens is 2. The van der Waals surface area contributed by atoms with Crippen molar-refractivity contribution in [1.29, 1.82) is 0 Å². The molecule has 1 fully saturated rings. The lowest BCUT2D eigenvalue weighted by atomic mass is 10.0. The summed E-state index contributed by atoms with van der Waals surface area (Å²) < 4.78 is 30.7. The Kier molecular flexibility index (Phi) is 3.68. The van der Waals surface area contributed by atoms with Crippen LogP contribution in [0.1, 0.15) is 18.4 Å². The second-order valence-electron chi connectivity index (χ2n) is 4.53. The van der Waals surface area contributed by atoms with Gasteiger partial charge >= 0.3 is 0 Å². The Morgan fingerprint density at radius 3 is 2.89 bits per heavy atom. The molecule has 0 amide bonds. The van der Waals surface area contributed by atoms with Crippen LogP contribution in [0, 0.1) is 0 Å². The topological polar surface area (TPSA) is 67.5 Å². The van der Waals surface area contributed by atoms with E-state index in [2.05, 4.69) is 5.32 Å². The van der Waals surface area contributed by atoms with E-state index in [-0.39, 0.29) is 18.7 Å². The zero-order chi connectivity index (χ0) is 13.2. The van der Waals surface area contributed by atoms with Gasteiger partial charge in [-0.25, -0.2) is 8.78 Å². The van der Waals surface area contributed by atoms with E-state index in [1.807, 2.05) is 0 Å². The molecule has 1 saturated heterocycles. The molecule has 1 aliphatic rings. The van der Waals surface area contributed by atoms with Gasteiger partial charge in [-0.2, -0.15) is 0 Å². The van der Waals surface area contributed by atoms with Crippen molar-refractivity contribution in [3.63, 3.8) is 0 Å². The zero-order valence-electron chi connectivity index (χ0n) is 9.83. The SMILES string of the molecule is Nc1ccc(NCC2(O)CCOC2)c(C(F)F)c1. The van der Waals surface area contributed by atoms with Crippen molar-refractivity contribution < 1.29 is 18.6 Å². The quantitative estimate of drug-likeness (QED) is 0.720. The Bertz CT molecular complexity index is 421. The molecular weight excluding hydrogens is 242 g/mol. The average molecular weight is 258 g/mol. The Balaban J connectivity index is 2.09. The Morgan fingerprint density at radius 2 is 2.28 bits per heavy atom. The summed E-state index contributed by atoms with van der Waals surface area (Å²) in [5.74, 6) is 0. The predicted molar refractivity (Wildman–Crippen MR) is 64.7 cm³/mol. The van der Waals surface area contributed by atoms with E-state index in [1.54, 1.807) is 6.07 Å². The summed E-state index contributed by atoms with van der Waals surface area (Å²) in [7, 11) is 0. The number of hydrogen-bond acceptors (Lipinski definition) is 4. The van der Waals surface area contributed by atoms with Gasteiger partial charge < -0.3 is 20.9 Å². The van der Waals surface area contributed by atoms with Crippen molar-refractivity contribution in [3.8, 4) is 0 Å². The number of nitrogen functional groups attached to an aromatic ring is 1. The van der Waals surface area contributed by atoms with Crippen LogP contribution < -0.4 is 11.1 Å². The van der Waals surface area contributed by atoms with Gasteiger partial charge in [-0.1, -0.05) is 0 Å². The van der Waals surface area contributed by atoms with Crippen LogP contribution in [-0.4, -0.2) is 30.5 Å². The highest BCUT2D eigenvalue weighted by molar-refractivity contribution is 5.58. The molecule has 0 aliphatic carbocycles. The molecule has 100 valence electrons. The molecule has 0 spiro atoms. The van der Waals surface area contributed by atoms with E-state index in [1.165, 1.54) is 12.1 Å². The first-order valence-corrected chi connectivity index (χ1v) is 5.72. The Labute approximate surface area is 104 Å². The third-order valence-electron chi connectivity index (χ3n) is 3.00. The summed E-state index contributed by atoms with van der Waals surface area (Å²) in [6.07, 6.45) is -2.11. The number of anilines is 2. The Morgan fingerprint density at radius 1 is 1.50 bits per heavy atom. The molecule has 0 radical (unpaired) electrons. The monoisotopic (exact) mass is 258 g/mol. The molecule has 18 heavy (non-hydrogen) atoms. The summed E-state index contributed by atoms with van der Waals surface area (Å²) in [4.78, 5) is 0. The maximum absolute atomic E-state index is 12.8. The van der Waals surface area contributed by atoms with Crippen LogP contribution in [0.4, 0.5) is 20.2 Å². The van der Waals surface area contributed by atoms with Gasteiger partial charge in [0.25, 0.3) is 6.43 Å². The fourth-order valence-corrected chi connectivity index (χ4v) is 1.92. The maximum Gasteiger partial charge on any atom is 0.265 e. The molecule has 6 heteroatoms. The number of aliphatic hydroxyl groups is 1. The van der Waals surface area contributed by atoms with Crippen molar-refractivity contribution in [2.75, 3.05) is 30.8 Å². The first kappa shape index (κ1) is 13.0. The molecule has 4 nitrogen and oxygen atoms in total. The third-order valence-corrected chi connectivity index (χ3v) is 3.00. The lowest BCUT2D eigenvalue weighted by Gasteiger charge is -2.22. The van der Waals surface area contributed by atoms with Crippen molar-refractivity contribution in [2.24, 2.45) is 0 Å². The number of alkyl halides is 2. The van der Waals surface area contributed by atoms with Crippen LogP contribution in [0.25, 0.3) is 0 Å². The molecule has 4 N–H and O–H groups in total. The first-order valence-electron chi connectivity index (χ1n) is 5.72. The van der Waals surface area contributed by atoms with Crippen LogP contribution >= 0.6 is 0 Å². The van der Waals surface area contributed by atoms with Gasteiger partial charge in [0.15, 0.2) is 0 Å². The van der Waals surface area contributed by atoms with Crippen molar-refractivity contribution in [3.05, 3.63) is 23.8 Å². The Hall–Kier alpha value is -1.40. The second kappa shape index (κ2) is 5.07. The van der Waals surface area contributed by atoms with Crippen LogP contribution in [0.2, 0.25) is 0 Å². The molecule has 0 bridgehead atoms. The van der Waals surface area contributed by atoms with Gasteiger partial charge in [-0.3, -0.25) is 0 Å². The van der Waals surface area contributed by atoms with Crippen LogP contribution in [0.5, 0.6) is 0 Å². The van der Waals surface area contributed by atoms with Gasteiger partial charge in [-0.15, -0.1) is 0 Å².